The van der Waals surface area contributed by atoms with E-state index >= 15 is 0 Å². The third-order valence-electron chi connectivity index (χ3n) is 2.99. The average Bonchev–Trinajstić information content (AvgIpc) is 2.88. The molecule has 0 saturated heterocycles. The van der Waals surface area contributed by atoms with Gasteiger partial charge < -0.3 is 10.6 Å². The van der Waals surface area contributed by atoms with Crippen LogP contribution < -0.4 is 10.6 Å². The molecule has 2 aromatic rings. The third kappa shape index (κ3) is 4.09. The van der Waals surface area contributed by atoms with Gasteiger partial charge in [0.1, 0.15) is 5.82 Å². The molecule has 0 atom stereocenters. The van der Waals surface area contributed by atoms with Crippen LogP contribution in [-0.2, 0) is 11.3 Å². The molecule has 0 aliphatic heterocycles. The van der Waals surface area contributed by atoms with Crippen LogP contribution in [0.25, 0.3) is 11.0 Å². The molecule has 22 heavy (non-hydrogen) atoms. The van der Waals surface area contributed by atoms with E-state index in [1.807, 2.05) is 4.68 Å². The largest absolute Gasteiger partial charge is 0.369 e. The standard InChI is InChI=1S/C14H22N6OS/c1-4-6-16-12-11-9-17-20(8-7-15-10(3)21)13(11)19-14(18-12)22-5-2/h9H,4-8H2,1-3H3,(H,15,21)(H,16,18,19). The predicted molar refractivity (Wildman–Crippen MR) is 89.2 cm³/mol. The van der Waals surface area contributed by atoms with Crippen molar-refractivity contribution >= 4 is 34.5 Å². The lowest BCUT2D eigenvalue weighted by molar-refractivity contribution is -0.118. The number of rotatable bonds is 8. The van der Waals surface area contributed by atoms with Gasteiger partial charge in [0.05, 0.1) is 18.1 Å². The number of aromatic nitrogens is 4. The Hall–Kier alpha value is -1.83. The van der Waals surface area contributed by atoms with Crippen LogP contribution in [0.3, 0.4) is 0 Å². The zero-order valence-electron chi connectivity index (χ0n) is 13.2. The van der Waals surface area contributed by atoms with Crippen LogP contribution in [0.1, 0.15) is 27.2 Å². The van der Waals surface area contributed by atoms with Gasteiger partial charge in [-0.1, -0.05) is 25.6 Å². The molecular formula is C14H22N6OS. The Morgan fingerprint density at radius 2 is 2.14 bits per heavy atom. The molecule has 0 aromatic carbocycles. The van der Waals surface area contributed by atoms with E-state index in [9.17, 15) is 4.79 Å². The van der Waals surface area contributed by atoms with Crippen LogP contribution in [-0.4, -0.2) is 44.5 Å². The van der Waals surface area contributed by atoms with Gasteiger partial charge in [-0.05, 0) is 12.2 Å². The Morgan fingerprint density at radius 3 is 2.82 bits per heavy atom. The number of thioether (sulfide) groups is 1. The van der Waals surface area contributed by atoms with Crippen molar-refractivity contribution in [1.29, 1.82) is 0 Å². The predicted octanol–water partition coefficient (Wildman–Crippen LogP) is 1.90. The maximum Gasteiger partial charge on any atom is 0.216 e. The average molecular weight is 322 g/mol. The molecule has 7 nitrogen and oxygen atoms in total. The molecule has 2 aromatic heterocycles. The third-order valence-corrected chi connectivity index (χ3v) is 3.72. The first-order chi connectivity index (χ1) is 10.7. The fraction of sp³-hybridized carbons (Fsp3) is 0.571. The molecule has 0 unspecified atom stereocenters. The quantitative estimate of drug-likeness (QED) is 0.570. The lowest BCUT2D eigenvalue weighted by atomic mass is 10.3. The second kappa shape index (κ2) is 7.98. The molecule has 0 saturated carbocycles. The van der Waals surface area contributed by atoms with Crippen molar-refractivity contribution in [2.45, 2.75) is 38.9 Å². The Labute approximate surface area is 134 Å². The van der Waals surface area contributed by atoms with Crippen LogP contribution in [0.5, 0.6) is 0 Å². The highest BCUT2D eigenvalue weighted by molar-refractivity contribution is 7.99. The number of carbonyl (C=O) groups is 1. The highest BCUT2D eigenvalue weighted by atomic mass is 32.2. The maximum atomic E-state index is 11.0. The highest BCUT2D eigenvalue weighted by Gasteiger charge is 2.12. The summed E-state index contributed by atoms with van der Waals surface area (Å²) in [5.41, 5.74) is 0.801. The summed E-state index contributed by atoms with van der Waals surface area (Å²) in [7, 11) is 0. The van der Waals surface area contributed by atoms with E-state index in [4.69, 9.17) is 0 Å². The zero-order chi connectivity index (χ0) is 15.9. The van der Waals surface area contributed by atoms with Gasteiger partial charge in [0.2, 0.25) is 5.91 Å². The van der Waals surface area contributed by atoms with Gasteiger partial charge in [0, 0.05) is 20.0 Å². The molecule has 2 heterocycles. The molecule has 0 radical (unpaired) electrons. The fourth-order valence-electron chi connectivity index (χ4n) is 2.01. The van der Waals surface area contributed by atoms with Crippen molar-refractivity contribution in [2.75, 3.05) is 24.2 Å². The van der Waals surface area contributed by atoms with Gasteiger partial charge in [-0.15, -0.1) is 0 Å². The molecule has 120 valence electrons. The van der Waals surface area contributed by atoms with E-state index in [1.54, 1.807) is 18.0 Å². The van der Waals surface area contributed by atoms with Crippen molar-refractivity contribution in [3.63, 3.8) is 0 Å². The summed E-state index contributed by atoms with van der Waals surface area (Å²) < 4.78 is 1.81. The van der Waals surface area contributed by atoms with Gasteiger partial charge in [-0.3, -0.25) is 4.79 Å². The first-order valence-corrected chi connectivity index (χ1v) is 8.48. The summed E-state index contributed by atoms with van der Waals surface area (Å²) in [6, 6.07) is 0. The Balaban J connectivity index is 2.30. The van der Waals surface area contributed by atoms with Gasteiger partial charge in [-0.25, -0.2) is 14.6 Å². The Kier molecular flexibility index (Phi) is 6.00. The maximum absolute atomic E-state index is 11.0. The van der Waals surface area contributed by atoms with Crippen molar-refractivity contribution in [2.24, 2.45) is 0 Å². The lowest BCUT2D eigenvalue weighted by Gasteiger charge is -2.08. The molecular weight excluding hydrogens is 300 g/mol. The molecule has 1 amide bonds. The van der Waals surface area contributed by atoms with Gasteiger partial charge >= 0.3 is 0 Å². The Bertz CT molecular complexity index is 642. The van der Waals surface area contributed by atoms with E-state index < -0.39 is 0 Å². The summed E-state index contributed by atoms with van der Waals surface area (Å²) in [4.78, 5) is 20.1. The molecule has 0 aliphatic carbocycles. The summed E-state index contributed by atoms with van der Waals surface area (Å²) >= 11 is 1.61. The minimum Gasteiger partial charge on any atom is -0.369 e. The van der Waals surface area contributed by atoms with Gasteiger partial charge in [0.25, 0.3) is 0 Å². The van der Waals surface area contributed by atoms with Crippen LogP contribution in [0, 0.1) is 0 Å². The second-order valence-electron chi connectivity index (χ2n) is 4.80. The second-order valence-corrected chi connectivity index (χ2v) is 6.03. The molecule has 0 aliphatic rings. The lowest BCUT2D eigenvalue weighted by Crippen LogP contribution is -2.24. The minimum absolute atomic E-state index is 0.0429. The molecule has 2 rings (SSSR count). The highest BCUT2D eigenvalue weighted by Crippen LogP contribution is 2.24. The number of nitrogens with one attached hydrogen (secondary N) is 2. The number of anilines is 1. The molecule has 0 spiro atoms. The smallest absolute Gasteiger partial charge is 0.216 e. The van der Waals surface area contributed by atoms with Crippen LogP contribution in [0.4, 0.5) is 5.82 Å². The normalized spacial score (nSPS) is 10.9. The number of hydrogen-bond acceptors (Lipinski definition) is 6. The van der Waals surface area contributed by atoms with Crippen molar-refractivity contribution in [1.82, 2.24) is 25.1 Å². The van der Waals surface area contributed by atoms with Gasteiger partial charge in [0.15, 0.2) is 10.8 Å². The van der Waals surface area contributed by atoms with Crippen molar-refractivity contribution in [3.05, 3.63) is 6.20 Å². The fourth-order valence-corrected chi connectivity index (χ4v) is 2.57. The van der Waals surface area contributed by atoms with Crippen LogP contribution in [0.2, 0.25) is 0 Å². The summed E-state index contributed by atoms with van der Waals surface area (Å²) in [6.45, 7) is 7.68. The summed E-state index contributed by atoms with van der Waals surface area (Å²) in [6.07, 6.45) is 2.81. The first kappa shape index (κ1) is 16.5. The zero-order valence-corrected chi connectivity index (χ0v) is 14.0. The van der Waals surface area contributed by atoms with Crippen LogP contribution in [0.15, 0.2) is 11.4 Å². The number of nitrogens with zero attached hydrogens (tertiary/aromatic N) is 4. The van der Waals surface area contributed by atoms with Gasteiger partial charge in [-0.2, -0.15) is 5.10 Å². The van der Waals surface area contributed by atoms with E-state index in [0.29, 0.717) is 13.1 Å². The number of fused-ring (bicyclic) bond motifs is 1. The van der Waals surface area contributed by atoms with E-state index in [0.717, 1.165) is 40.7 Å². The topological polar surface area (TPSA) is 84.7 Å². The van der Waals surface area contributed by atoms with E-state index in [-0.39, 0.29) is 5.91 Å². The molecule has 2 N–H and O–H groups in total. The molecule has 8 heteroatoms. The number of carbonyl (C=O) groups excluding carboxylic acids is 1. The SMILES string of the molecule is CCCNc1nc(SCC)nc2c1cnn2CCNC(C)=O. The van der Waals surface area contributed by atoms with Crippen molar-refractivity contribution < 1.29 is 4.79 Å². The Morgan fingerprint density at radius 1 is 1.32 bits per heavy atom. The molecule has 0 fully saturated rings. The number of amides is 1. The van der Waals surface area contributed by atoms with E-state index in [2.05, 4.69) is 39.5 Å². The minimum atomic E-state index is -0.0429. The van der Waals surface area contributed by atoms with Crippen LogP contribution >= 0.6 is 11.8 Å². The molecule has 0 bridgehead atoms. The number of hydrogen-bond donors (Lipinski definition) is 2. The van der Waals surface area contributed by atoms with Crippen molar-refractivity contribution in [3.8, 4) is 0 Å². The van der Waals surface area contributed by atoms with E-state index in [1.165, 1.54) is 6.92 Å². The monoisotopic (exact) mass is 322 g/mol. The summed E-state index contributed by atoms with van der Waals surface area (Å²) in [5, 5.41) is 12.1. The first-order valence-electron chi connectivity index (χ1n) is 7.50. The summed E-state index contributed by atoms with van der Waals surface area (Å²) in [5.74, 6) is 1.70.